The molecule has 0 aromatic rings. The van der Waals surface area contributed by atoms with E-state index in [2.05, 4.69) is 27.7 Å². The fourth-order valence-corrected chi connectivity index (χ4v) is 1.55. The molecule has 0 N–H and O–H groups in total. The summed E-state index contributed by atoms with van der Waals surface area (Å²) in [5, 5.41) is 0. The zero-order valence-corrected chi connectivity index (χ0v) is 7.42. The molecule has 0 amide bonds. The van der Waals surface area contributed by atoms with E-state index in [0.717, 1.165) is 24.4 Å². The molecular formula is C9H18O. The highest BCUT2D eigenvalue weighted by molar-refractivity contribution is 4.77. The Balaban J connectivity index is 2.52. The average Bonchev–Trinajstić information content (AvgIpc) is 1.93. The van der Waals surface area contributed by atoms with Crippen molar-refractivity contribution in [1.82, 2.24) is 0 Å². The Labute approximate surface area is 63.8 Å². The van der Waals surface area contributed by atoms with Gasteiger partial charge in [-0.15, -0.1) is 0 Å². The average molecular weight is 142 g/mol. The topological polar surface area (TPSA) is 9.23 Å². The van der Waals surface area contributed by atoms with Gasteiger partial charge in [0.05, 0.1) is 6.10 Å². The molecule has 1 nitrogen and oxygen atoms in total. The summed E-state index contributed by atoms with van der Waals surface area (Å²) in [7, 11) is 0. The van der Waals surface area contributed by atoms with Gasteiger partial charge in [0.2, 0.25) is 0 Å². The lowest BCUT2D eigenvalue weighted by molar-refractivity contribution is -0.0661. The molecule has 1 aliphatic heterocycles. The van der Waals surface area contributed by atoms with Gasteiger partial charge in [-0.2, -0.15) is 0 Å². The van der Waals surface area contributed by atoms with Crippen molar-refractivity contribution in [2.24, 2.45) is 17.8 Å². The number of ether oxygens (including phenoxy) is 1. The van der Waals surface area contributed by atoms with Crippen LogP contribution in [-0.2, 0) is 4.74 Å². The standard InChI is InChI=1S/C9H18O/c1-6-5-10-9(4)8(3)7(6)2/h6-9H,5H2,1-4H3/t6-,7-,8+,9?/m1/s1. The Bertz CT molecular complexity index is 97.3. The van der Waals surface area contributed by atoms with Gasteiger partial charge in [0.15, 0.2) is 0 Å². The van der Waals surface area contributed by atoms with Gasteiger partial charge >= 0.3 is 0 Å². The van der Waals surface area contributed by atoms with Crippen LogP contribution in [0, 0.1) is 17.8 Å². The lowest BCUT2D eigenvalue weighted by Gasteiger charge is -2.36. The quantitative estimate of drug-likeness (QED) is 0.504. The largest absolute Gasteiger partial charge is 0.378 e. The fourth-order valence-electron chi connectivity index (χ4n) is 1.55. The summed E-state index contributed by atoms with van der Waals surface area (Å²) in [5.41, 5.74) is 0. The first-order valence-electron chi connectivity index (χ1n) is 4.24. The smallest absolute Gasteiger partial charge is 0.0575 e. The Morgan fingerprint density at radius 3 is 2.10 bits per heavy atom. The minimum Gasteiger partial charge on any atom is -0.378 e. The third kappa shape index (κ3) is 1.34. The van der Waals surface area contributed by atoms with Crippen LogP contribution in [0.25, 0.3) is 0 Å². The van der Waals surface area contributed by atoms with Crippen LogP contribution in [0.15, 0.2) is 0 Å². The maximum absolute atomic E-state index is 5.57. The predicted octanol–water partition coefficient (Wildman–Crippen LogP) is 2.31. The van der Waals surface area contributed by atoms with Gasteiger partial charge in [0.1, 0.15) is 0 Å². The third-order valence-corrected chi connectivity index (χ3v) is 3.09. The Morgan fingerprint density at radius 2 is 1.60 bits per heavy atom. The van der Waals surface area contributed by atoms with Gasteiger partial charge in [-0.1, -0.05) is 20.8 Å². The van der Waals surface area contributed by atoms with Crippen molar-refractivity contribution in [3.8, 4) is 0 Å². The van der Waals surface area contributed by atoms with E-state index in [1.807, 2.05) is 0 Å². The molecule has 1 rings (SSSR count). The molecular weight excluding hydrogens is 124 g/mol. The Kier molecular flexibility index (Phi) is 2.35. The maximum Gasteiger partial charge on any atom is 0.0575 e. The van der Waals surface area contributed by atoms with Gasteiger partial charge in [-0.25, -0.2) is 0 Å². The molecule has 0 saturated carbocycles. The summed E-state index contributed by atoms with van der Waals surface area (Å²) >= 11 is 0. The molecule has 60 valence electrons. The highest BCUT2D eigenvalue weighted by Crippen LogP contribution is 2.29. The van der Waals surface area contributed by atoms with E-state index < -0.39 is 0 Å². The molecule has 10 heavy (non-hydrogen) atoms. The third-order valence-electron chi connectivity index (χ3n) is 3.09. The maximum atomic E-state index is 5.57. The summed E-state index contributed by atoms with van der Waals surface area (Å²) in [5.74, 6) is 2.29. The second-order valence-corrected chi connectivity index (χ2v) is 3.73. The first kappa shape index (κ1) is 8.06. The lowest BCUT2D eigenvalue weighted by atomic mass is 9.80. The van der Waals surface area contributed by atoms with Crippen molar-refractivity contribution in [1.29, 1.82) is 0 Å². The van der Waals surface area contributed by atoms with Crippen LogP contribution < -0.4 is 0 Å². The van der Waals surface area contributed by atoms with E-state index in [0.29, 0.717) is 6.10 Å². The summed E-state index contributed by atoms with van der Waals surface area (Å²) in [6.07, 6.45) is 0.464. The zero-order chi connectivity index (χ0) is 7.72. The molecule has 1 heteroatoms. The van der Waals surface area contributed by atoms with Gasteiger partial charge in [0, 0.05) is 6.61 Å². The molecule has 0 bridgehead atoms. The van der Waals surface area contributed by atoms with Crippen molar-refractivity contribution in [2.45, 2.75) is 33.8 Å². The molecule has 0 aliphatic carbocycles. The molecule has 0 spiro atoms. The van der Waals surface area contributed by atoms with Crippen LogP contribution >= 0.6 is 0 Å². The van der Waals surface area contributed by atoms with Crippen molar-refractivity contribution in [2.75, 3.05) is 6.61 Å². The molecule has 1 heterocycles. The molecule has 1 fully saturated rings. The van der Waals surface area contributed by atoms with Crippen LogP contribution in [0.1, 0.15) is 27.7 Å². The molecule has 1 unspecified atom stereocenters. The van der Waals surface area contributed by atoms with E-state index >= 15 is 0 Å². The van der Waals surface area contributed by atoms with Crippen molar-refractivity contribution >= 4 is 0 Å². The first-order valence-corrected chi connectivity index (χ1v) is 4.24. The first-order chi connectivity index (χ1) is 4.63. The summed E-state index contributed by atoms with van der Waals surface area (Å²) in [6, 6.07) is 0. The van der Waals surface area contributed by atoms with Crippen molar-refractivity contribution in [3.05, 3.63) is 0 Å². The van der Waals surface area contributed by atoms with Crippen LogP contribution in [0.5, 0.6) is 0 Å². The van der Waals surface area contributed by atoms with E-state index in [-0.39, 0.29) is 0 Å². The van der Waals surface area contributed by atoms with Crippen LogP contribution in [0.2, 0.25) is 0 Å². The zero-order valence-electron chi connectivity index (χ0n) is 7.42. The van der Waals surface area contributed by atoms with E-state index in [1.165, 1.54) is 0 Å². The number of hydrogen-bond acceptors (Lipinski definition) is 1. The van der Waals surface area contributed by atoms with Gasteiger partial charge < -0.3 is 4.74 Å². The van der Waals surface area contributed by atoms with Crippen LogP contribution in [0.3, 0.4) is 0 Å². The number of hydrogen-bond donors (Lipinski definition) is 0. The minimum atomic E-state index is 0.464. The van der Waals surface area contributed by atoms with Crippen LogP contribution in [0.4, 0.5) is 0 Å². The van der Waals surface area contributed by atoms with Gasteiger partial charge in [-0.3, -0.25) is 0 Å². The van der Waals surface area contributed by atoms with E-state index in [1.54, 1.807) is 0 Å². The number of rotatable bonds is 0. The van der Waals surface area contributed by atoms with Crippen molar-refractivity contribution < 1.29 is 4.74 Å². The van der Waals surface area contributed by atoms with E-state index in [4.69, 9.17) is 4.74 Å². The molecule has 0 aromatic carbocycles. The van der Waals surface area contributed by atoms with Gasteiger partial charge in [-0.05, 0) is 24.7 Å². The van der Waals surface area contributed by atoms with Crippen LogP contribution in [-0.4, -0.2) is 12.7 Å². The SMILES string of the molecule is CC1OC[C@@H](C)[C@@H](C)[C@@H]1C. The minimum absolute atomic E-state index is 0.464. The lowest BCUT2D eigenvalue weighted by Crippen LogP contribution is -2.36. The molecule has 1 aliphatic rings. The highest BCUT2D eigenvalue weighted by atomic mass is 16.5. The highest BCUT2D eigenvalue weighted by Gasteiger charge is 2.29. The normalized spacial score (nSPS) is 49.2. The molecule has 0 radical (unpaired) electrons. The fraction of sp³-hybridized carbons (Fsp3) is 1.00. The predicted molar refractivity (Wildman–Crippen MR) is 42.9 cm³/mol. The summed E-state index contributed by atoms with van der Waals surface area (Å²) in [6.45, 7) is 10.0. The molecule has 0 aromatic heterocycles. The summed E-state index contributed by atoms with van der Waals surface area (Å²) in [4.78, 5) is 0. The molecule has 1 saturated heterocycles. The molecule has 4 atom stereocenters. The Hall–Kier alpha value is -0.0400. The summed E-state index contributed by atoms with van der Waals surface area (Å²) < 4.78 is 5.57. The van der Waals surface area contributed by atoms with Gasteiger partial charge in [0.25, 0.3) is 0 Å². The second-order valence-electron chi connectivity index (χ2n) is 3.73. The second kappa shape index (κ2) is 2.91. The van der Waals surface area contributed by atoms with Crippen molar-refractivity contribution in [3.63, 3.8) is 0 Å². The van der Waals surface area contributed by atoms with E-state index in [9.17, 15) is 0 Å². The monoisotopic (exact) mass is 142 g/mol. The Morgan fingerprint density at radius 1 is 1.00 bits per heavy atom.